The highest BCUT2D eigenvalue weighted by Gasteiger charge is 2.27. The van der Waals surface area contributed by atoms with Crippen molar-refractivity contribution in [2.45, 2.75) is 20.4 Å². The summed E-state index contributed by atoms with van der Waals surface area (Å²) in [6, 6.07) is 15.6. The number of carbonyl (C=O) groups excluding carboxylic acids is 1. The summed E-state index contributed by atoms with van der Waals surface area (Å²) in [5.74, 6) is -0.158. The van der Waals surface area contributed by atoms with Crippen molar-refractivity contribution in [2.75, 3.05) is 43.3 Å². The zero-order valence-electron chi connectivity index (χ0n) is 17.3. The molecule has 1 aliphatic rings. The second-order valence-corrected chi connectivity index (χ2v) is 9.55. The Balaban J connectivity index is 1.62. The lowest BCUT2D eigenvalue weighted by atomic mass is 10.1. The van der Waals surface area contributed by atoms with E-state index in [1.165, 1.54) is 15.4 Å². The standard InChI is InChI=1S/C22H29N3O3S/c1-18-8-4-6-10-20(18)16-23-12-14-24(15-13-23)22(26)17-25(29(3,27)28)21-11-7-5-9-19(21)2/h4-11H,12-17H2,1-3H3. The van der Waals surface area contributed by atoms with Crippen molar-refractivity contribution in [1.82, 2.24) is 9.80 Å². The van der Waals surface area contributed by atoms with E-state index in [2.05, 4.69) is 24.0 Å². The van der Waals surface area contributed by atoms with Crippen molar-refractivity contribution < 1.29 is 13.2 Å². The smallest absolute Gasteiger partial charge is 0.243 e. The van der Waals surface area contributed by atoms with E-state index in [1.807, 2.05) is 31.2 Å². The molecule has 2 aromatic rings. The molecule has 0 bridgehead atoms. The van der Waals surface area contributed by atoms with Gasteiger partial charge in [-0.3, -0.25) is 14.0 Å². The minimum Gasteiger partial charge on any atom is -0.339 e. The predicted octanol–water partition coefficient (Wildman–Crippen LogP) is 2.41. The molecule has 1 saturated heterocycles. The molecule has 0 saturated carbocycles. The molecule has 29 heavy (non-hydrogen) atoms. The van der Waals surface area contributed by atoms with Gasteiger partial charge in [0.2, 0.25) is 15.9 Å². The van der Waals surface area contributed by atoms with Gasteiger partial charge in [-0.1, -0.05) is 42.5 Å². The maximum absolute atomic E-state index is 12.9. The van der Waals surface area contributed by atoms with Crippen molar-refractivity contribution in [3.8, 4) is 0 Å². The first-order valence-corrected chi connectivity index (χ1v) is 11.7. The summed E-state index contributed by atoms with van der Waals surface area (Å²) in [5, 5.41) is 0. The van der Waals surface area contributed by atoms with Gasteiger partial charge >= 0.3 is 0 Å². The van der Waals surface area contributed by atoms with Crippen LogP contribution in [0, 0.1) is 13.8 Å². The summed E-state index contributed by atoms with van der Waals surface area (Å²) in [7, 11) is -3.56. The number of benzene rings is 2. The van der Waals surface area contributed by atoms with Gasteiger partial charge in [0.05, 0.1) is 11.9 Å². The molecule has 0 spiro atoms. The highest BCUT2D eigenvalue weighted by atomic mass is 32.2. The first-order chi connectivity index (χ1) is 13.8. The number of hydrogen-bond acceptors (Lipinski definition) is 4. The number of carbonyl (C=O) groups is 1. The summed E-state index contributed by atoms with van der Waals surface area (Å²) in [6.07, 6.45) is 1.15. The van der Waals surface area contributed by atoms with Crippen LogP contribution in [0.1, 0.15) is 16.7 Å². The van der Waals surface area contributed by atoms with Crippen LogP contribution in [0.2, 0.25) is 0 Å². The Morgan fingerprint density at radius 2 is 1.52 bits per heavy atom. The van der Waals surface area contributed by atoms with Crippen LogP contribution in [-0.2, 0) is 21.4 Å². The largest absolute Gasteiger partial charge is 0.339 e. The number of aryl methyl sites for hydroxylation is 2. The summed E-state index contributed by atoms with van der Waals surface area (Å²) in [6.45, 7) is 7.44. The van der Waals surface area contributed by atoms with E-state index in [-0.39, 0.29) is 12.5 Å². The molecule has 156 valence electrons. The van der Waals surface area contributed by atoms with Crippen molar-refractivity contribution in [3.05, 3.63) is 65.2 Å². The lowest BCUT2D eigenvalue weighted by molar-refractivity contribution is -0.131. The fourth-order valence-electron chi connectivity index (χ4n) is 3.63. The van der Waals surface area contributed by atoms with Gasteiger partial charge in [0, 0.05) is 32.7 Å². The maximum Gasteiger partial charge on any atom is 0.243 e. The third kappa shape index (κ3) is 5.36. The minimum absolute atomic E-state index is 0.158. The monoisotopic (exact) mass is 415 g/mol. The molecule has 2 aromatic carbocycles. The van der Waals surface area contributed by atoms with E-state index in [1.54, 1.807) is 17.0 Å². The Bertz CT molecular complexity index is 967. The lowest BCUT2D eigenvalue weighted by Crippen LogP contribution is -2.51. The Morgan fingerprint density at radius 1 is 0.931 bits per heavy atom. The zero-order valence-corrected chi connectivity index (χ0v) is 18.2. The zero-order chi connectivity index (χ0) is 21.0. The molecule has 0 atom stereocenters. The van der Waals surface area contributed by atoms with E-state index in [4.69, 9.17) is 0 Å². The Morgan fingerprint density at radius 3 is 2.10 bits per heavy atom. The summed E-state index contributed by atoms with van der Waals surface area (Å²) >= 11 is 0. The third-order valence-corrected chi connectivity index (χ3v) is 6.57. The van der Waals surface area contributed by atoms with Crippen LogP contribution >= 0.6 is 0 Å². The van der Waals surface area contributed by atoms with E-state index < -0.39 is 10.0 Å². The molecular weight excluding hydrogens is 386 g/mol. The summed E-state index contributed by atoms with van der Waals surface area (Å²) in [4.78, 5) is 17.0. The molecule has 1 aliphatic heterocycles. The first kappa shape index (κ1) is 21.3. The second-order valence-electron chi connectivity index (χ2n) is 7.64. The second kappa shape index (κ2) is 8.97. The maximum atomic E-state index is 12.9. The number of nitrogens with zero attached hydrogens (tertiary/aromatic N) is 3. The molecule has 7 heteroatoms. The quantitative estimate of drug-likeness (QED) is 0.727. The third-order valence-electron chi connectivity index (χ3n) is 5.44. The van der Waals surface area contributed by atoms with Crippen LogP contribution in [0.25, 0.3) is 0 Å². The minimum atomic E-state index is -3.56. The van der Waals surface area contributed by atoms with Gasteiger partial charge in [-0.05, 0) is 36.6 Å². The highest BCUT2D eigenvalue weighted by molar-refractivity contribution is 7.92. The Kier molecular flexibility index (Phi) is 6.59. The van der Waals surface area contributed by atoms with Gasteiger partial charge in [-0.2, -0.15) is 0 Å². The fourth-order valence-corrected chi connectivity index (χ4v) is 4.54. The average Bonchev–Trinajstić information content (AvgIpc) is 2.68. The van der Waals surface area contributed by atoms with Crippen LogP contribution in [0.5, 0.6) is 0 Å². The fraction of sp³-hybridized carbons (Fsp3) is 0.409. The molecule has 0 aromatic heterocycles. The summed E-state index contributed by atoms with van der Waals surface area (Å²) < 4.78 is 25.9. The number of anilines is 1. The van der Waals surface area contributed by atoms with Crippen molar-refractivity contribution in [3.63, 3.8) is 0 Å². The average molecular weight is 416 g/mol. The number of rotatable bonds is 6. The number of sulfonamides is 1. The van der Waals surface area contributed by atoms with Gasteiger partial charge in [-0.15, -0.1) is 0 Å². The first-order valence-electron chi connectivity index (χ1n) is 9.83. The molecule has 0 aliphatic carbocycles. The number of piperazine rings is 1. The van der Waals surface area contributed by atoms with Crippen LogP contribution < -0.4 is 4.31 Å². The van der Waals surface area contributed by atoms with Crippen LogP contribution in [0.4, 0.5) is 5.69 Å². The van der Waals surface area contributed by atoms with Crippen molar-refractivity contribution in [2.24, 2.45) is 0 Å². The molecule has 0 radical (unpaired) electrons. The molecule has 1 fully saturated rings. The van der Waals surface area contributed by atoms with Gasteiger partial charge in [0.25, 0.3) is 0 Å². The number of hydrogen-bond donors (Lipinski definition) is 0. The molecule has 0 unspecified atom stereocenters. The van der Waals surface area contributed by atoms with Crippen molar-refractivity contribution >= 4 is 21.6 Å². The Labute approximate surface area is 173 Å². The predicted molar refractivity (Wildman–Crippen MR) is 116 cm³/mol. The van der Waals surface area contributed by atoms with Gasteiger partial charge in [-0.25, -0.2) is 8.42 Å². The van der Waals surface area contributed by atoms with Crippen LogP contribution in [0.15, 0.2) is 48.5 Å². The molecule has 0 N–H and O–H groups in total. The van der Waals surface area contributed by atoms with Gasteiger partial charge in [0.1, 0.15) is 6.54 Å². The lowest BCUT2D eigenvalue weighted by Gasteiger charge is -2.36. The van der Waals surface area contributed by atoms with Crippen LogP contribution in [-0.4, -0.2) is 63.1 Å². The molecule has 6 nitrogen and oxygen atoms in total. The van der Waals surface area contributed by atoms with Gasteiger partial charge < -0.3 is 4.90 Å². The van der Waals surface area contributed by atoms with Crippen LogP contribution in [0.3, 0.4) is 0 Å². The number of para-hydroxylation sites is 1. The number of amides is 1. The topological polar surface area (TPSA) is 60.9 Å². The molecule has 1 amide bonds. The van der Waals surface area contributed by atoms with Crippen molar-refractivity contribution in [1.29, 1.82) is 0 Å². The van der Waals surface area contributed by atoms with E-state index in [0.717, 1.165) is 31.5 Å². The molecular formula is C22H29N3O3S. The SMILES string of the molecule is Cc1ccccc1CN1CCN(C(=O)CN(c2ccccc2C)S(C)(=O)=O)CC1. The molecule has 3 rings (SSSR count). The normalized spacial score (nSPS) is 15.3. The van der Waals surface area contributed by atoms with E-state index in [9.17, 15) is 13.2 Å². The molecule has 1 heterocycles. The summed E-state index contributed by atoms with van der Waals surface area (Å²) in [5.41, 5.74) is 3.96. The Hall–Kier alpha value is -2.38. The highest BCUT2D eigenvalue weighted by Crippen LogP contribution is 2.22. The van der Waals surface area contributed by atoms with E-state index >= 15 is 0 Å². The van der Waals surface area contributed by atoms with E-state index in [0.29, 0.717) is 18.8 Å². The van der Waals surface area contributed by atoms with Gasteiger partial charge in [0.15, 0.2) is 0 Å².